The minimum atomic E-state index is -0.0618. The maximum Gasteiger partial charge on any atom is 0.251 e. The van der Waals surface area contributed by atoms with E-state index in [1.165, 1.54) is 25.7 Å². The Kier molecular flexibility index (Phi) is 5.60. The average molecular weight is 288 g/mol. The highest BCUT2D eigenvalue weighted by Crippen LogP contribution is 2.17. The van der Waals surface area contributed by atoms with Crippen molar-refractivity contribution in [1.29, 1.82) is 0 Å². The summed E-state index contributed by atoms with van der Waals surface area (Å²) < 4.78 is 0. The molecule has 114 valence electrons. The zero-order chi connectivity index (χ0) is 15.1. The van der Waals surface area contributed by atoms with Crippen molar-refractivity contribution in [3.63, 3.8) is 0 Å². The van der Waals surface area contributed by atoms with Gasteiger partial charge >= 0.3 is 0 Å². The van der Waals surface area contributed by atoms with Gasteiger partial charge in [0.1, 0.15) is 0 Å². The van der Waals surface area contributed by atoms with Gasteiger partial charge in [0.05, 0.1) is 0 Å². The number of benzene rings is 1. The number of nitrogens with zero attached hydrogens (tertiary/aromatic N) is 1. The number of carbonyl (C=O) groups is 1. The second-order valence-corrected chi connectivity index (χ2v) is 5.33. The van der Waals surface area contributed by atoms with Crippen molar-refractivity contribution in [2.24, 2.45) is 4.99 Å². The van der Waals surface area contributed by atoms with Crippen LogP contribution in [-0.4, -0.2) is 32.0 Å². The molecule has 0 saturated heterocycles. The van der Waals surface area contributed by atoms with Crippen LogP contribution >= 0.6 is 0 Å². The van der Waals surface area contributed by atoms with Gasteiger partial charge in [-0.2, -0.15) is 0 Å². The molecule has 1 aliphatic carbocycles. The molecule has 0 heterocycles. The van der Waals surface area contributed by atoms with Crippen molar-refractivity contribution in [2.45, 2.75) is 38.3 Å². The Labute approximate surface area is 126 Å². The van der Waals surface area contributed by atoms with Gasteiger partial charge < -0.3 is 16.0 Å². The Morgan fingerprint density at radius 3 is 2.48 bits per heavy atom. The van der Waals surface area contributed by atoms with Crippen LogP contribution in [0.1, 0.15) is 41.6 Å². The van der Waals surface area contributed by atoms with E-state index in [1.54, 1.807) is 14.1 Å². The summed E-state index contributed by atoms with van der Waals surface area (Å²) in [6, 6.07) is 8.14. The maximum absolute atomic E-state index is 11.5. The molecule has 1 amide bonds. The summed E-state index contributed by atoms with van der Waals surface area (Å²) in [7, 11) is 3.43. The normalized spacial score (nSPS) is 15.8. The molecule has 0 atom stereocenters. The molecule has 0 unspecified atom stereocenters. The lowest BCUT2D eigenvalue weighted by atomic mass is 10.1. The largest absolute Gasteiger partial charge is 0.355 e. The van der Waals surface area contributed by atoms with E-state index in [4.69, 9.17) is 0 Å². The second kappa shape index (κ2) is 7.67. The molecule has 1 saturated carbocycles. The van der Waals surface area contributed by atoms with E-state index >= 15 is 0 Å². The fourth-order valence-electron chi connectivity index (χ4n) is 2.56. The van der Waals surface area contributed by atoms with Gasteiger partial charge in [-0.25, -0.2) is 0 Å². The molecule has 1 aromatic carbocycles. The zero-order valence-corrected chi connectivity index (χ0v) is 12.8. The van der Waals surface area contributed by atoms with Gasteiger partial charge in [-0.3, -0.25) is 9.79 Å². The highest BCUT2D eigenvalue weighted by atomic mass is 16.1. The van der Waals surface area contributed by atoms with Crippen molar-refractivity contribution in [3.05, 3.63) is 35.4 Å². The highest BCUT2D eigenvalue weighted by Gasteiger charge is 2.15. The second-order valence-electron chi connectivity index (χ2n) is 5.33. The van der Waals surface area contributed by atoms with Crippen LogP contribution < -0.4 is 16.0 Å². The summed E-state index contributed by atoms with van der Waals surface area (Å²) in [6.07, 6.45) is 5.05. The van der Waals surface area contributed by atoms with Crippen molar-refractivity contribution < 1.29 is 4.79 Å². The quantitative estimate of drug-likeness (QED) is 0.583. The predicted molar refractivity (Wildman–Crippen MR) is 85.4 cm³/mol. The van der Waals surface area contributed by atoms with E-state index < -0.39 is 0 Å². The van der Waals surface area contributed by atoms with Gasteiger partial charge in [-0.1, -0.05) is 25.0 Å². The first-order valence-corrected chi connectivity index (χ1v) is 7.51. The van der Waals surface area contributed by atoms with Gasteiger partial charge in [0.15, 0.2) is 5.96 Å². The van der Waals surface area contributed by atoms with Crippen molar-refractivity contribution in [3.8, 4) is 0 Å². The molecule has 0 radical (unpaired) electrons. The number of carbonyl (C=O) groups excluding carboxylic acids is 1. The van der Waals surface area contributed by atoms with Crippen LogP contribution in [0.4, 0.5) is 0 Å². The molecular weight excluding hydrogens is 264 g/mol. The van der Waals surface area contributed by atoms with Gasteiger partial charge in [-0.05, 0) is 30.5 Å². The zero-order valence-electron chi connectivity index (χ0n) is 12.8. The van der Waals surface area contributed by atoms with Gasteiger partial charge in [-0.15, -0.1) is 0 Å². The van der Waals surface area contributed by atoms with E-state index in [0.29, 0.717) is 18.2 Å². The Bertz CT molecular complexity index is 490. The number of guanidine groups is 1. The topological polar surface area (TPSA) is 65.5 Å². The molecule has 0 bridgehead atoms. The molecule has 1 aliphatic rings. The minimum Gasteiger partial charge on any atom is -0.355 e. The van der Waals surface area contributed by atoms with Crippen molar-refractivity contribution in [1.82, 2.24) is 16.0 Å². The molecule has 0 aliphatic heterocycles. The van der Waals surface area contributed by atoms with Crippen LogP contribution in [0.3, 0.4) is 0 Å². The third-order valence-electron chi connectivity index (χ3n) is 3.82. The molecule has 1 aromatic rings. The van der Waals surface area contributed by atoms with Crippen molar-refractivity contribution >= 4 is 11.9 Å². The summed E-state index contributed by atoms with van der Waals surface area (Å²) in [6.45, 7) is 0.695. The molecule has 1 fully saturated rings. The molecular formula is C16H24N4O. The fourth-order valence-corrected chi connectivity index (χ4v) is 2.56. The summed E-state index contributed by atoms with van der Waals surface area (Å²) in [5.41, 5.74) is 1.80. The van der Waals surface area contributed by atoms with Crippen molar-refractivity contribution in [2.75, 3.05) is 14.1 Å². The Balaban J connectivity index is 1.84. The van der Waals surface area contributed by atoms with E-state index in [9.17, 15) is 4.79 Å². The monoisotopic (exact) mass is 288 g/mol. The lowest BCUT2D eigenvalue weighted by Gasteiger charge is -2.16. The van der Waals surface area contributed by atoms with E-state index in [-0.39, 0.29) is 5.91 Å². The average Bonchev–Trinajstić information content (AvgIpc) is 3.04. The summed E-state index contributed by atoms with van der Waals surface area (Å²) in [4.78, 5) is 15.7. The standard InChI is InChI=1S/C16H24N4O/c1-17-15(21)13-9-7-12(8-10-13)11-19-16(18-2)20-14-5-3-4-6-14/h7-10,14H,3-6,11H2,1-2H3,(H,17,21)(H2,18,19,20). The van der Waals surface area contributed by atoms with Gasteiger partial charge in [0.25, 0.3) is 5.91 Å². The summed E-state index contributed by atoms with van der Waals surface area (Å²) >= 11 is 0. The maximum atomic E-state index is 11.5. The first kappa shape index (κ1) is 15.4. The van der Waals surface area contributed by atoms with Crippen LogP contribution in [0.15, 0.2) is 29.3 Å². The van der Waals surface area contributed by atoms with Crippen LogP contribution in [0.2, 0.25) is 0 Å². The number of nitrogens with one attached hydrogen (secondary N) is 3. The third-order valence-corrected chi connectivity index (χ3v) is 3.82. The lowest BCUT2D eigenvalue weighted by molar-refractivity contribution is 0.0963. The Hall–Kier alpha value is -2.04. The Morgan fingerprint density at radius 1 is 1.24 bits per heavy atom. The van der Waals surface area contributed by atoms with Crippen LogP contribution in [-0.2, 0) is 6.54 Å². The smallest absolute Gasteiger partial charge is 0.251 e. The number of aliphatic imine (C=N–C) groups is 1. The number of rotatable bonds is 4. The Morgan fingerprint density at radius 2 is 1.90 bits per heavy atom. The number of hydrogen-bond donors (Lipinski definition) is 3. The fraction of sp³-hybridized carbons (Fsp3) is 0.500. The third kappa shape index (κ3) is 4.48. The SMILES string of the molecule is CN=C(NCc1ccc(C(=O)NC)cc1)NC1CCCC1. The summed E-state index contributed by atoms with van der Waals surface area (Å²) in [5, 5.41) is 9.38. The predicted octanol–water partition coefficient (Wildman–Crippen LogP) is 1.65. The van der Waals surface area contributed by atoms with E-state index in [0.717, 1.165) is 11.5 Å². The number of amides is 1. The van der Waals surface area contributed by atoms with E-state index in [1.807, 2.05) is 24.3 Å². The minimum absolute atomic E-state index is 0.0618. The molecule has 2 rings (SSSR count). The first-order valence-electron chi connectivity index (χ1n) is 7.51. The molecule has 5 heteroatoms. The van der Waals surface area contributed by atoms with Crippen LogP contribution in [0.5, 0.6) is 0 Å². The van der Waals surface area contributed by atoms with Gasteiger partial charge in [0.2, 0.25) is 0 Å². The van der Waals surface area contributed by atoms with Crippen LogP contribution in [0.25, 0.3) is 0 Å². The molecule has 21 heavy (non-hydrogen) atoms. The van der Waals surface area contributed by atoms with Gasteiger partial charge in [0, 0.05) is 32.2 Å². The molecule has 0 spiro atoms. The van der Waals surface area contributed by atoms with Crippen LogP contribution in [0, 0.1) is 0 Å². The van der Waals surface area contributed by atoms with E-state index in [2.05, 4.69) is 20.9 Å². The first-order chi connectivity index (χ1) is 10.2. The number of hydrogen-bond acceptors (Lipinski definition) is 2. The highest BCUT2D eigenvalue weighted by molar-refractivity contribution is 5.93. The molecule has 0 aromatic heterocycles. The molecule has 5 nitrogen and oxygen atoms in total. The lowest BCUT2D eigenvalue weighted by Crippen LogP contribution is -2.41. The summed E-state index contributed by atoms with van der Waals surface area (Å²) in [5.74, 6) is 0.783. The molecule has 3 N–H and O–H groups in total.